The van der Waals surface area contributed by atoms with Gasteiger partial charge in [0.05, 0.1) is 0 Å². The van der Waals surface area contributed by atoms with Crippen molar-refractivity contribution in [3.63, 3.8) is 0 Å². The average Bonchev–Trinajstić information content (AvgIpc) is 2.61. The summed E-state index contributed by atoms with van der Waals surface area (Å²) in [6.07, 6.45) is 8.70. The van der Waals surface area contributed by atoms with Gasteiger partial charge in [-0.15, -0.1) is 0 Å². The van der Waals surface area contributed by atoms with Crippen molar-refractivity contribution in [2.75, 3.05) is 0 Å². The summed E-state index contributed by atoms with van der Waals surface area (Å²) in [5, 5.41) is 0. The first-order valence-electron chi connectivity index (χ1n) is 6.83. The molecule has 2 aliphatic rings. The topological polar surface area (TPSA) is 0 Å². The van der Waals surface area contributed by atoms with Gasteiger partial charge < -0.3 is 7.28 Å². The summed E-state index contributed by atoms with van der Waals surface area (Å²) in [6.45, 7) is 0. The zero-order valence-electron chi connectivity index (χ0n) is 10.9. The zero-order chi connectivity index (χ0) is 10.8. The Kier molecular flexibility index (Phi) is 4.83. The first kappa shape index (κ1) is 13.3. The van der Waals surface area contributed by atoms with Crippen molar-refractivity contribution in [1.82, 2.24) is 0 Å². The van der Waals surface area contributed by atoms with Gasteiger partial charge in [-0.05, 0) is 0 Å². The molecule has 0 saturated carbocycles. The van der Waals surface area contributed by atoms with Crippen molar-refractivity contribution in [2.45, 2.75) is 50.2 Å². The van der Waals surface area contributed by atoms with E-state index in [1.807, 2.05) is 0 Å². The first-order valence-corrected chi connectivity index (χ1v) is 6.83. The van der Waals surface area contributed by atoms with Crippen LogP contribution in [0.5, 0.6) is 0 Å². The minimum atomic E-state index is 0. The van der Waals surface area contributed by atoms with E-state index in [0.717, 1.165) is 17.6 Å². The Morgan fingerprint density at radius 1 is 0.882 bits per heavy atom. The van der Waals surface area contributed by atoms with E-state index in [1.54, 1.807) is 5.56 Å². The van der Waals surface area contributed by atoms with Crippen LogP contribution in [0.2, 0.25) is 5.82 Å². The third-order valence-corrected chi connectivity index (χ3v) is 4.47. The van der Waals surface area contributed by atoms with E-state index < -0.39 is 0 Å². The Balaban J connectivity index is 0.00000108. The number of hydrogen-bond acceptors (Lipinski definition) is 0. The molecule has 2 bridgehead atoms. The van der Waals surface area contributed by atoms with Crippen LogP contribution in [0, 0.1) is 5.92 Å². The second kappa shape index (κ2) is 6.17. The Morgan fingerprint density at radius 3 is 2.18 bits per heavy atom. The van der Waals surface area contributed by atoms with Crippen LogP contribution in [0.3, 0.4) is 0 Å². The Hall–Kier alpha value is -0.118. The molecule has 2 radical (unpaired) electrons. The van der Waals surface area contributed by atoms with Crippen molar-refractivity contribution >= 4 is 7.28 Å². The summed E-state index contributed by atoms with van der Waals surface area (Å²) in [5.41, 5.74) is 1.56. The SMILES string of the molecule is [B-]1C2CCCC(CCC2)[C@H]1c1ccccc1.[Li+]. The minimum Gasteiger partial charge on any atom is -0.322 e. The van der Waals surface area contributed by atoms with Crippen LogP contribution in [0.4, 0.5) is 0 Å². The van der Waals surface area contributed by atoms with Gasteiger partial charge >= 0.3 is 18.9 Å². The molecule has 0 nitrogen and oxygen atoms in total. The van der Waals surface area contributed by atoms with Gasteiger partial charge in [-0.3, -0.25) is 0 Å². The molecule has 2 heteroatoms. The van der Waals surface area contributed by atoms with Gasteiger partial charge in [-0.1, -0.05) is 80.3 Å². The molecule has 0 amide bonds. The molecule has 3 rings (SSSR count). The minimum absolute atomic E-state index is 0. The molecule has 2 fully saturated rings. The molecule has 2 saturated heterocycles. The standard InChI is InChI=1S/C15H20B.Li/c1-2-6-12(7-3-1)15-13-8-4-10-14(16-15)11-5-9-13;/h1-3,6-7,13-15H,4-5,8-11H2;/q-1;+1/t13?,14?,15-;/m1./s1. The van der Waals surface area contributed by atoms with Crippen molar-refractivity contribution in [1.29, 1.82) is 0 Å². The molecule has 0 unspecified atom stereocenters. The summed E-state index contributed by atoms with van der Waals surface area (Å²) >= 11 is 0. The van der Waals surface area contributed by atoms with Crippen LogP contribution < -0.4 is 18.9 Å². The molecular weight excluding hydrogens is 198 g/mol. The second-order valence-corrected chi connectivity index (χ2v) is 5.51. The predicted octanol–water partition coefficient (Wildman–Crippen LogP) is 1.21. The summed E-state index contributed by atoms with van der Waals surface area (Å²) in [7, 11) is 2.68. The number of rotatable bonds is 1. The Bertz CT molecular complexity index is 328. The molecule has 1 aromatic rings. The van der Waals surface area contributed by atoms with Gasteiger partial charge in [-0.2, -0.15) is 0 Å². The summed E-state index contributed by atoms with van der Waals surface area (Å²) in [5.74, 6) is 2.57. The normalized spacial score (nSPS) is 32.4. The number of hydrogen-bond donors (Lipinski definition) is 0. The Morgan fingerprint density at radius 2 is 1.53 bits per heavy atom. The molecule has 0 aliphatic carbocycles. The monoisotopic (exact) mass is 218 g/mol. The van der Waals surface area contributed by atoms with Crippen LogP contribution in [-0.4, -0.2) is 7.28 Å². The quantitative estimate of drug-likeness (QED) is 0.621. The van der Waals surface area contributed by atoms with E-state index in [2.05, 4.69) is 37.6 Å². The largest absolute Gasteiger partial charge is 1.00 e. The van der Waals surface area contributed by atoms with Gasteiger partial charge in [-0.25, -0.2) is 11.6 Å². The van der Waals surface area contributed by atoms with Gasteiger partial charge in [0.2, 0.25) is 0 Å². The van der Waals surface area contributed by atoms with Crippen molar-refractivity contribution in [3.8, 4) is 0 Å². The van der Waals surface area contributed by atoms with Crippen molar-refractivity contribution in [2.24, 2.45) is 5.92 Å². The molecule has 84 valence electrons. The molecular formula is C15H20BLi. The second-order valence-electron chi connectivity index (χ2n) is 5.51. The molecule has 1 aromatic carbocycles. The van der Waals surface area contributed by atoms with Gasteiger partial charge in [0.15, 0.2) is 0 Å². The third kappa shape index (κ3) is 3.01. The van der Waals surface area contributed by atoms with Crippen LogP contribution in [0.15, 0.2) is 30.3 Å². The van der Waals surface area contributed by atoms with E-state index in [9.17, 15) is 0 Å². The van der Waals surface area contributed by atoms with E-state index in [4.69, 9.17) is 0 Å². The van der Waals surface area contributed by atoms with Gasteiger partial charge in [0.1, 0.15) is 0 Å². The first-order chi connectivity index (χ1) is 7.93. The third-order valence-electron chi connectivity index (χ3n) is 4.47. The molecule has 2 heterocycles. The molecule has 0 N–H and O–H groups in total. The van der Waals surface area contributed by atoms with Crippen LogP contribution >= 0.6 is 0 Å². The maximum atomic E-state index is 2.68. The molecule has 0 aromatic heterocycles. The van der Waals surface area contributed by atoms with Crippen LogP contribution in [-0.2, 0) is 0 Å². The van der Waals surface area contributed by atoms with E-state index in [1.165, 1.54) is 38.5 Å². The number of fused-ring (bicyclic) bond motifs is 3. The smallest absolute Gasteiger partial charge is 0.322 e. The fraction of sp³-hybridized carbons (Fsp3) is 0.600. The van der Waals surface area contributed by atoms with E-state index >= 15 is 0 Å². The zero-order valence-corrected chi connectivity index (χ0v) is 10.9. The molecule has 0 spiro atoms. The average molecular weight is 218 g/mol. The van der Waals surface area contributed by atoms with Crippen LogP contribution in [0.1, 0.15) is 49.9 Å². The van der Waals surface area contributed by atoms with Crippen molar-refractivity contribution < 1.29 is 18.9 Å². The van der Waals surface area contributed by atoms with Gasteiger partial charge in [0, 0.05) is 0 Å². The molecule has 1 atom stereocenters. The maximum Gasteiger partial charge on any atom is 1.00 e. The van der Waals surface area contributed by atoms with Crippen molar-refractivity contribution in [3.05, 3.63) is 35.9 Å². The fourth-order valence-electron chi connectivity index (χ4n) is 3.63. The predicted molar refractivity (Wildman–Crippen MR) is 69.9 cm³/mol. The fourth-order valence-corrected chi connectivity index (χ4v) is 3.63. The van der Waals surface area contributed by atoms with Gasteiger partial charge in [0.25, 0.3) is 0 Å². The summed E-state index contributed by atoms with van der Waals surface area (Å²) < 4.78 is 0. The Labute approximate surface area is 118 Å². The van der Waals surface area contributed by atoms with E-state index in [0.29, 0.717) is 0 Å². The molecule has 17 heavy (non-hydrogen) atoms. The summed E-state index contributed by atoms with van der Waals surface area (Å²) in [4.78, 5) is 0. The van der Waals surface area contributed by atoms with E-state index in [-0.39, 0.29) is 18.9 Å². The number of benzene rings is 1. The molecule has 2 aliphatic heterocycles. The maximum absolute atomic E-state index is 2.68. The summed E-state index contributed by atoms with van der Waals surface area (Å²) in [6, 6.07) is 11.2. The van der Waals surface area contributed by atoms with Crippen LogP contribution in [0.25, 0.3) is 0 Å².